The summed E-state index contributed by atoms with van der Waals surface area (Å²) in [6.45, 7) is 3.84. The van der Waals surface area contributed by atoms with Gasteiger partial charge in [-0.25, -0.2) is 4.39 Å². The van der Waals surface area contributed by atoms with Gasteiger partial charge < -0.3 is 10.8 Å². The van der Waals surface area contributed by atoms with Gasteiger partial charge in [0.2, 0.25) is 0 Å². The summed E-state index contributed by atoms with van der Waals surface area (Å²) in [5.74, 6) is -0.852. The largest absolute Gasteiger partial charge is 0.505 e. The van der Waals surface area contributed by atoms with E-state index < -0.39 is 5.82 Å². The summed E-state index contributed by atoms with van der Waals surface area (Å²) in [5.41, 5.74) is 6.27. The number of phenolic OH excluding ortho intramolecular Hbond substituents is 1. The van der Waals surface area contributed by atoms with Crippen molar-refractivity contribution in [2.24, 2.45) is 11.7 Å². The summed E-state index contributed by atoms with van der Waals surface area (Å²) in [4.78, 5) is 0. The second kappa shape index (κ2) is 4.28. The first-order valence-corrected chi connectivity index (χ1v) is 5.16. The monoisotopic (exact) mass is 261 g/mol. The smallest absolute Gasteiger partial charge is 0.166 e. The van der Waals surface area contributed by atoms with Crippen LogP contribution in [0.15, 0.2) is 16.6 Å². The highest BCUT2D eigenvalue weighted by Crippen LogP contribution is 2.32. The zero-order valence-corrected chi connectivity index (χ0v) is 9.68. The Morgan fingerprint density at radius 3 is 2.50 bits per heavy atom. The van der Waals surface area contributed by atoms with Gasteiger partial charge in [0.15, 0.2) is 11.6 Å². The Balaban J connectivity index is 3.20. The number of hydrogen-bond donors (Lipinski definition) is 2. The van der Waals surface area contributed by atoms with Crippen molar-refractivity contribution in [3.8, 4) is 5.75 Å². The zero-order valence-electron chi connectivity index (χ0n) is 8.09. The molecule has 1 rings (SSSR count). The maximum absolute atomic E-state index is 13.1. The number of aromatic hydroxyl groups is 1. The predicted molar refractivity (Wildman–Crippen MR) is 57.5 cm³/mol. The molecule has 3 N–H and O–H groups in total. The van der Waals surface area contributed by atoms with Crippen molar-refractivity contribution >= 4 is 15.9 Å². The highest BCUT2D eigenvalue weighted by molar-refractivity contribution is 9.10. The van der Waals surface area contributed by atoms with Crippen LogP contribution in [0.25, 0.3) is 0 Å². The van der Waals surface area contributed by atoms with Crippen molar-refractivity contribution in [2.75, 3.05) is 0 Å². The van der Waals surface area contributed by atoms with Crippen LogP contribution in [0.2, 0.25) is 0 Å². The molecule has 0 bridgehead atoms. The van der Waals surface area contributed by atoms with Crippen LogP contribution in [0.3, 0.4) is 0 Å². The van der Waals surface area contributed by atoms with Crippen LogP contribution in [0.5, 0.6) is 5.75 Å². The molecule has 0 aliphatic heterocycles. The molecule has 0 aromatic heterocycles. The highest BCUT2D eigenvalue weighted by atomic mass is 79.9. The van der Waals surface area contributed by atoms with Gasteiger partial charge >= 0.3 is 0 Å². The van der Waals surface area contributed by atoms with E-state index in [4.69, 9.17) is 5.73 Å². The molecule has 0 unspecified atom stereocenters. The highest BCUT2D eigenvalue weighted by Gasteiger charge is 2.17. The summed E-state index contributed by atoms with van der Waals surface area (Å²) < 4.78 is 13.7. The quantitative estimate of drug-likeness (QED) is 0.860. The van der Waals surface area contributed by atoms with Gasteiger partial charge in [-0.15, -0.1) is 0 Å². The molecular weight excluding hydrogens is 249 g/mol. The first kappa shape index (κ1) is 11.5. The molecule has 0 aliphatic rings. The number of nitrogens with two attached hydrogens (primary N) is 1. The SMILES string of the molecule is CC(C)[C@@H](N)c1cc(Br)cc(F)c1O. The summed E-state index contributed by atoms with van der Waals surface area (Å²) in [7, 11) is 0. The minimum Gasteiger partial charge on any atom is -0.505 e. The maximum Gasteiger partial charge on any atom is 0.166 e. The van der Waals surface area contributed by atoms with Crippen LogP contribution in [0, 0.1) is 11.7 Å². The summed E-state index contributed by atoms with van der Waals surface area (Å²) >= 11 is 3.16. The third-order valence-electron chi connectivity index (χ3n) is 2.14. The topological polar surface area (TPSA) is 46.2 Å². The molecule has 0 saturated carbocycles. The van der Waals surface area contributed by atoms with Gasteiger partial charge in [-0.05, 0) is 18.1 Å². The molecule has 78 valence electrons. The van der Waals surface area contributed by atoms with Crippen LogP contribution in [-0.2, 0) is 0 Å². The van der Waals surface area contributed by atoms with Crippen molar-refractivity contribution in [1.82, 2.24) is 0 Å². The molecule has 0 saturated heterocycles. The van der Waals surface area contributed by atoms with Crippen LogP contribution in [-0.4, -0.2) is 5.11 Å². The van der Waals surface area contributed by atoms with E-state index in [1.807, 2.05) is 13.8 Å². The first-order chi connectivity index (χ1) is 6.43. The van der Waals surface area contributed by atoms with E-state index >= 15 is 0 Å². The average Bonchev–Trinajstić information content (AvgIpc) is 2.09. The van der Waals surface area contributed by atoms with Crippen molar-refractivity contribution in [3.05, 3.63) is 28.0 Å². The molecule has 0 heterocycles. The van der Waals surface area contributed by atoms with Crippen molar-refractivity contribution < 1.29 is 9.50 Å². The normalized spacial score (nSPS) is 13.3. The average molecular weight is 262 g/mol. The molecular formula is C10H13BrFNO. The molecule has 0 amide bonds. The lowest BCUT2D eigenvalue weighted by molar-refractivity contribution is 0.407. The molecule has 0 fully saturated rings. The Kier molecular flexibility index (Phi) is 3.50. The van der Waals surface area contributed by atoms with Crippen LogP contribution < -0.4 is 5.73 Å². The lowest BCUT2D eigenvalue weighted by atomic mass is 9.96. The molecule has 1 atom stereocenters. The van der Waals surface area contributed by atoms with Crippen LogP contribution in [0.4, 0.5) is 4.39 Å². The van der Waals surface area contributed by atoms with E-state index in [0.29, 0.717) is 10.0 Å². The van der Waals surface area contributed by atoms with E-state index in [1.54, 1.807) is 6.07 Å². The van der Waals surface area contributed by atoms with Gasteiger partial charge in [0, 0.05) is 16.1 Å². The number of phenols is 1. The van der Waals surface area contributed by atoms with Gasteiger partial charge in [-0.3, -0.25) is 0 Å². The maximum atomic E-state index is 13.1. The lowest BCUT2D eigenvalue weighted by Crippen LogP contribution is -2.17. The Morgan fingerprint density at radius 1 is 1.43 bits per heavy atom. The molecule has 2 nitrogen and oxygen atoms in total. The van der Waals surface area contributed by atoms with Gasteiger partial charge in [0.05, 0.1) is 0 Å². The Hall–Kier alpha value is -0.610. The molecule has 1 aromatic rings. The lowest BCUT2D eigenvalue weighted by Gasteiger charge is -2.17. The van der Waals surface area contributed by atoms with Gasteiger partial charge in [-0.1, -0.05) is 29.8 Å². The molecule has 4 heteroatoms. The van der Waals surface area contributed by atoms with E-state index in [1.165, 1.54) is 6.07 Å². The fourth-order valence-corrected chi connectivity index (χ4v) is 1.65. The van der Waals surface area contributed by atoms with Crippen molar-refractivity contribution in [1.29, 1.82) is 0 Å². The Bertz CT molecular complexity index is 341. The number of rotatable bonds is 2. The predicted octanol–water partition coefficient (Wildman–Crippen LogP) is 2.95. The van der Waals surface area contributed by atoms with E-state index in [-0.39, 0.29) is 17.7 Å². The van der Waals surface area contributed by atoms with Gasteiger partial charge in [0.1, 0.15) is 0 Å². The first-order valence-electron chi connectivity index (χ1n) is 4.37. The van der Waals surface area contributed by atoms with Crippen LogP contribution in [0.1, 0.15) is 25.5 Å². The van der Waals surface area contributed by atoms with E-state index in [2.05, 4.69) is 15.9 Å². The molecule has 0 spiro atoms. The second-order valence-electron chi connectivity index (χ2n) is 3.60. The number of benzene rings is 1. The van der Waals surface area contributed by atoms with Crippen LogP contribution >= 0.6 is 15.9 Å². The third kappa shape index (κ3) is 2.25. The number of hydrogen-bond acceptors (Lipinski definition) is 2. The van der Waals surface area contributed by atoms with Crippen molar-refractivity contribution in [3.63, 3.8) is 0 Å². The summed E-state index contributed by atoms with van der Waals surface area (Å²) in [6, 6.07) is 2.50. The van der Waals surface area contributed by atoms with E-state index in [9.17, 15) is 9.50 Å². The van der Waals surface area contributed by atoms with Crippen molar-refractivity contribution in [2.45, 2.75) is 19.9 Å². The fourth-order valence-electron chi connectivity index (χ4n) is 1.20. The number of halogens is 2. The molecule has 1 aromatic carbocycles. The van der Waals surface area contributed by atoms with Gasteiger partial charge in [-0.2, -0.15) is 0 Å². The summed E-state index contributed by atoms with van der Waals surface area (Å²) in [5, 5.41) is 9.47. The molecule has 0 aliphatic carbocycles. The minimum absolute atomic E-state index is 0.148. The Morgan fingerprint density at radius 2 is 2.00 bits per heavy atom. The summed E-state index contributed by atoms with van der Waals surface area (Å²) in [6.07, 6.45) is 0. The molecule has 0 radical (unpaired) electrons. The zero-order chi connectivity index (χ0) is 10.9. The van der Waals surface area contributed by atoms with E-state index in [0.717, 1.165) is 0 Å². The molecule has 14 heavy (non-hydrogen) atoms. The Labute approximate surface area is 91.1 Å². The van der Waals surface area contributed by atoms with Gasteiger partial charge in [0.25, 0.3) is 0 Å². The standard InChI is InChI=1S/C10H13BrFNO/c1-5(2)9(13)7-3-6(11)4-8(12)10(7)14/h3-5,9,14H,13H2,1-2H3/t9-/m1/s1. The minimum atomic E-state index is -0.648. The second-order valence-corrected chi connectivity index (χ2v) is 4.51. The third-order valence-corrected chi connectivity index (χ3v) is 2.59. The fraction of sp³-hybridized carbons (Fsp3) is 0.400.